The Bertz CT molecular complexity index is 714. The van der Waals surface area contributed by atoms with Gasteiger partial charge in [-0.2, -0.15) is 0 Å². The predicted octanol–water partition coefficient (Wildman–Crippen LogP) is 2.60. The minimum absolute atomic E-state index is 0.262. The number of amides is 1. The van der Waals surface area contributed by atoms with Crippen LogP contribution in [0, 0.1) is 5.82 Å². The average Bonchev–Trinajstić information content (AvgIpc) is 2.54. The van der Waals surface area contributed by atoms with Crippen molar-refractivity contribution in [3.8, 4) is 0 Å². The van der Waals surface area contributed by atoms with Crippen LogP contribution in [0.5, 0.6) is 0 Å². The van der Waals surface area contributed by atoms with Gasteiger partial charge in [0.1, 0.15) is 11.9 Å². The van der Waals surface area contributed by atoms with Crippen molar-refractivity contribution in [2.45, 2.75) is 38.6 Å². The zero-order chi connectivity index (χ0) is 17.7. The fourth-order valence-corrected chi connectivity index (χ4v) is 3.99. The summed E-state index contributed by atoms with van der Waals surface area (Å²) < 4.78 is 38.3. The maximum Gasteiger partial charge on any atom is 0.243 e. The summed E-state index contributed by atoms with van der Waals surface area (Å²) in [7, 11) is -3.68. The maximum absolute atomic E-state index is 13.1. The van der Waals surface area contributed by atoms with Gasteiger partial charge in [0.2, 0.25) is 15.9 Å². The van der Waals surface area contributed by atoms with Gasteiger partial charge in [0.25, 0.3) is 0 Å². The second-order valence-corrected chi connectivity index (χ2v) is 7.90. The van der Waals surface area contributed by atoms with E-state index in [0.717, 1.165) is 29.8 Å². The first-order valence-electron chi connectivity index (χ1n) is 7.99. The Hall–Kier alpha value is -1.89. The van der Waals surface area contributed by atoms with E-state index in [1.54, 1.807) is 0 Å². The van der Waals surface area contributed by atoms with Crippen LogP contribution in [0.3, 0.4) is 0 Å². The topological polar surface area (TPSA) is 66.5 Å². The number of halogens is 1. The highest BCUT2D eigenvalue weighted by Crippen LogP contribution is 2.21. The highest BCUT2D eigenvalue weighted by atomic mass is 32.2. The van der Waals surface area contributed by atoms with E-state index < -0.39 is 21.9 Å². The third kappa shape index (κ3) is 4.80. The fraction of sp³-hybridized carbons (Fsp3) is 0.471. The highest BCUT2D eigenvalue weighted by molar-refractivity contribution is 7.92. The number of nitrogens with one attached hydrogen (secondary N) is 1. The van der Waals surface area contributed by atoms with E-state index in [1.807, 2.05) is 0 Å². The lowest BCUT2D eigenvalue weighted by molar-refractivity contribution is -0.121. The van der Waals surface area contributed by atoms with Gasteiger partial charge >= 0.3 is 0 Å². The number of hydrogen-bond acceptors (Lipinski definition) is 3. The first-order chi connectivity index (χ1) is 11.3. The number of benzene rings is 1. The lowest BCUT2D eigenvalue weighted by Gasteiger charge is -2.28. The Balaban J connectivity index is 2.12. The first-order valence-corrected chi connectivity index (χ1v) is 9.84. The predicted molar refractivity (Wildman–Crippen MR) is 92.7 cm³/mol. The molecular weight excluding hydrogens is 331 g/mol. The third-order valence-corrected chi connectivity index (χ3v) is 5.29. The monoisotopic (exact) mass is 354 g/mol. The number of nitrogens with zero attached hydrogens (tertiary/aromatic N) is 1. The largest absolute Gasteiger partial charge is 0.351 e. The lowest BCUT2D eigenvalue weighted by Crippen LogP contribution is -2.48. The molecule has 0 spiro atoms. The fourth-order valence-electron chi connectivity index (χ4n) is 2.81. The molecule has 0 unspecified atom stereocenters. The van der Waals surface area contributed by atoms with E-state index in [-0.39, 0.29) is 11.6 Å². The molecule has 0 heterocycles. The summed E-state index contributed by atoms with van der Waals surface area (Å²) in [6, 6.07) is 4.12. The molecule has 5 nitrogen and oxygen atoms in total. The van der Waals surface area contributed by atoms with Crippen LogP contribution in [0.15, 0.2) is 35.9 Å². The minimum atomic E-state index is -3.68. The minimum Gasteiger partial charge on any atom is -0.351 e. The molecule has 1 N–H and O–H groups in total. The molecule has 7 heteroatoms. The molecule has 0 radical (unpaired) electrons. The van der Waals surface area contributed by atoms with Crippen molar-refractivity contribution >= 4 is 21.6 Å². The quantitative estimate of drug-likeness (QED) is 0.799. The number of carbonyl (C=O) groups excluding carboxylic acids is 1. The molecule has 1 amide bonds. The third-order valence-electron chi connectivity index (χ3n) is 4.04. The van der Waals surface area contributed by atoms with E-state index in [4.69, 9.17) is 0 Å². The Morgan fingerprint density at radius 1 is 1.29 bits per heavy atom. The van der Waals surface area contributed by atoms with E-state index in [0.29, 0.717) is 6.54 Å². The van der Waals surface area contributed by atoms with Gasteiger partial charge in [-0.15, -0.1) is 0 Å². The molecule has 0 fully saturated rings. The van der Waals surface area contributed by atoms with Crippen LogP contribution in [-0.4, -0.2) is 33.2 Å². The van der Waals surface area contributed by atoms with Gasteiger partial charge in [-0.25, -0.2) is 12.8 Å². The van der Waals surface area contributed by atoms with Gasteiger partial charge in [0, 0.05) is 6.54 Å². The number of rotatable bonds is 6. The normalized spacial score (nSPS) is 16.2. The number of hydrogen-bond donors (Lipinski definition) is 1. The number of anilines is 1. The zero-order valence-corrected chi connectivity index (χ0v) is 14.8. The summed E-state index contributed by atoms with van der Waals surface area (Å²) in [4.78, 5) is 12.4. The molecule has 0 aliphatic heterocycles. The standard InChI is InChI=1S/C17H23FN2O3S/c1-13(17(21)19-12-14-6-4-3-5-7-14)20(24(2,22)23)16-10-8-15(18)9-11-16/h6,8-11,13H,3-5,7,12H2,1-2H3,(H,19,21)/t13-/m1/s1. The average molecular weight is 354 g/mol. The Labute approximate surface area is 142 Å². The van der Waals surface area contributed by atoms with Crippen molar-refractivity contribution in [1.29, 1.82) is 0 Å². The summed E-state index contributed by atoms with van der Waals surface area (Å²) in [5, 5.41) is 2.80. The molecule has 1 aliphatic carbocycles. The SMILES string of the molecule is C[C@H](C(=O)NCC1=CCCCC1)N(c1ccc(F)cc1)S(C)(=O)=O. The van der Waals surface area contributed by atoms with Crippen LogP contribution in [0.1, 0.15) is 32.6 Å². The summed E-state index contributed by atoms with van der Waals surface area (Å²) in [6.07, 6.45) is 7.42. The van der Waals surface area contributed by atoms with Crippen LogP contribution in [0.25, 0.3) is 0 Å². The van der Waals surface area contributed by atoms with Gasteiger partial charge in [-0.05, 0) is 56.9 Å². The first kappa shape index (κ1) is 18.4. The summed E-state index contributed by atoms with van der Waals surface area (Å²) in [5.41, 5.74) is 1.44. The van der Waals surface area contributed by atoms with Crippen molar-refractivity contribution in [1.82, 2.24) is 5.32 Å². The van der Waals surface area contributed by atoms with Gasteiger partial charge in [0.15, 0.2) is 0 Å². The van der Waals surface area contributed by atoms with Gasteiger partial charge in [0.05, 0.1) is 11.9 Å². The molecule has 132 valence electrons. The smallest absolute Gasteiger partial charge is 0.243 e. The molecule has 0 aromatic heterocycles. The van der Waals surface area contributed by atoms with Crippen molar-refractivity contribution in [3.63, 3.8) is 0 Å². The molecule has 0 saturated carbocycles. The van der Waals surface area contributed by atoms with Crippen molar-refractivity contribution in [3.05, 3.63) is 41.7 Å². The summed E-state index contributed by atoms with van der Waals surface area (Å²) in [5.74, 6) is -0.843. The highest BCUT2D eigenvalue weighted by Gasteiger charge is 2.29. The molecule has 24 heavy (non-hydrogen) atoms. The van der Waals surface area contributed by atoms with Crippen LogP contribution >= 0.6 is 0 Å². The second kappa shape index (κ2) is 7.79. The van der Waals surface area contributed by atoms with E-state index >= 15 is 0 Å². The van der Waals surface area contributed by atoms with Crippen molar-refractivity contribution in [2.24, 2.45) is 0 Å². The van der Waals surface area contributed by atoms with Crippen LogP contribution in [0.2, 0.25) is 0 Å². The molecule has 1 atom stereocenters. The lowest BCUT2D eigenvalue weighted by atomic mass is 10.00. The molecule has 0 saturated heterocycles. The zero-order valence-electron chi connectivity index (χ0n) is 14.0. The molecule has 1 aliphatic rings. The van der Waals surface area contributed by atoms with E-state index in [9.17, 15) is 17.6 Å². The van der Waals surface area contributed by atoms with Gasteiger partial charge in [-0.3, -0.25) is 9.10 Å². The summed E-state index contributed by atoms with van der Waals surface area (Å²) >= 11 is 0. The molecule has 2 rings (SSSR count). The second-order valence-electron chi connectivity index (χ2n) is 6.04. The van der Waals surface area contributed by atoms with Crippen LogP contribution < -0.4 is 9.62 Å². The maximum atomic E-state index is 13.1. The number of carbonyl (C=O) groups is 1. The molecule has 1 aromatic rings. The molecule has 1 aromatic carbocycles. The van der Waals surface area contributed by atoms with Crippen LogP contribution in [0.4, 0.5) is 10.1 Å². The van der Waals surface area contributed by atoms with Crippen molar-refractivity contribution in [2.75, 3.05) is 17.1 Å². The summed E-state index contributed by atoms with van der Waals surface area (Å²) in [6.45, 7) is 1.96. The Morgan fingerprint density at radius 2 is 1.96 bits per heavy atom. The van der Waals surface area contributed by atoms with Gasteiger partial charge < -0.3 is 5.32 Å². The molecular formula is C17H23FN2O3S. The Morgan fingerprint density at radius 3 is 2.50 bits per heavy atom. The van der Waals surface area contributed by atoms with Crippen LogP contribution in [-0.2, 0) is 14.8 Å². The number of sulfonamides is 1. The molecule has 0 bridgehead atoms. The van der Waals surface area contributed by atoms with Crippen molar-refractivity contribution < 1.29 is 17.6 Å². The Kier molecular flexibility index (Phi) is 5.99. The van der Waals surface area contributed by atoms with E-state index in [1.165, 1.54) is 43.2 Å². The van der Waals surface area contributed by atoms with E-state index in [2.05, 4.69) is 11.4 Å². The van der Waals surface area contributed by atoms with Gasteiger partial charge in [-0.1, -0.05) is 11.6 Å². The number of allylic oxidation sites excluding steroid dienone is 1.